The van der Waals surface area contributed by atoms with Gasteiger partial charge in [-0.1, -0.05) is 24.3 Å². The van der Waals surface area contributed by atoms with Crippen molar-refractivity contribution in [1.82, 2.24) is 9.21 Å². The van der Waals surface area contributed by atoms with Crippen LogP contribution in [-0.4, -0.2) is 56.2 Å². The first-order valence-corrected chi connectivity index (χ1v) is 12.8. The minimum absolute atomic E-state index is 0.0796. The van der Waals surface area contributed by atoms with Crippen molar-refractivity contribution in [2.75, 3.05) is 26.7 Å². The number of rotatable bonds is 9. The maximum absolute atomic E-state index is 12.8. The van der Waals surface area contributed by atoms with Gasteiger partial charge in [-0.05, 0) is 81.4 Å². The number of likely N-dealkylation sites (tertiary alicyclic amines) is 1. The topological polar surface area (TPSA) is 66.9 Å². The number of hydrogen-bond donors (Lipinski definition) is 0. The molecule has 0 unspecified atom stereocenters. The van der Waals surface area contributed by atoms with E-state index in [-0.39, 0.29) is 22.7 Å². The Kier molecular flexibility index (Phi) is 6.98. The van der Waals surface area contributed by atoms with Gasteiger partial charge in [-0.15, -0.1) is 0 Å². The van der Waals surface area contributed by atoms with Crippen LogP contribution < -0.4 is 4.74 Å². The molecule has 1 saturated carbocycles. The summed E-state index contributed by atoms with van der Waals surface area (Å²) >= 11 is 0. The highest BCUT2D eigenvalue weighted by atomic mass is 32.2. The summed E-state index contributed by atoms with van der Waals surface area (Å²) in [5.41, 5.74) is 1.82. The Labute approximate surface area is 191 Å². The van der Waals surface area contributed by atoms with Crippen molar-refractivity contribution in [3.05, 3.63) is 59.7 Å². The van der Waals surface area contributed by atoms with E-state index in [4.69, 9.17) is 4.74 Å². The molecule has 1 aliphatic carbocycles. The first kappa shape index (κ1) is 23.0. The van der Waals surface area contributed by atoms with Crippen LogP contribution in [-0.2, 0) is 16.6 Å². The third-order valence-electron chi connectivity index (χ3n) is 6.51. The molecule has 172 valence electrons. The van der Waals surface area contributed by atoms with Crippen LogP contribution in [0.3, 0.4) is 0 Å². The molecular weight excluding hydrogens is 424 g/mol. The third-order valence-corrected chi connectivity index (χ3v) is 8.35. The number of ether oxygens (including phenoxy) is 1. The molecule has 0 spiro atoms. The molecule has 2 aliphatic rings. The number of benzene rings is 2. The van der Waals surface area contributed by atoms with E-state index < -0.39 is 10.0 Å². The number of carbonyl (C=O) groups excluding carboxylic acids is 1. The molecule has 1 aliphatic heterocycles. The summed E-state index contributed by atoms with van der Waals surface area (Å²) in [7, 11) is -1.95. The summed E-state index contributed by atoms with van der Waals surface area (Å²) in [5, 5.41) is 0. The lowest BCUT2D eigenvalue weighted by atomic mass is 9.82. The van der Waals surface area contributed by atoms with Crippen LogP contribution in [0.1, 0.15) is 48.5 Å². The van der Waals surface area contributed by atoms with Crippen molar-refractivity contribution in [3.63, 3.8) is 0 Å². The van der Waals surface area contributed by atoms with E-state index >= 15 is 0 Å². The summed E-state index contributed by atoms with van der Waals surface area (Å²) in [5.74, 6) is 1.08. The molecule has 0 amide bonds. The molecule has 1 heterocycles. The smallest absolute Gasteiger partial charge is 0.242 e. The average molecular weight is 457 g/mol. The molecule has 6 nitrogen and oxygen atoms in total. The summed E-state index contributed by atoms with van der Waals surface area (Å²) in [6.07, 6.45) is 4.42. The first-order chi connectivity index (χ1) is 15.3. The van der Waals surface area contributed by atoms with Crippen LogP contribution >= 0.6 is 0 Å². The van der Waals surface area contributed by atoms with E-state index in [0.29, 0.717) is 12.1 Å². The van der Waals surface area contributed by atoms with E-state index in [9.17, 15) is 13.2 Å². The van der Waals surface area contributed by atoms with Crippen molar-refractivity contribution < 1.29 is 17.9 Å². The zero-order valence-electron chi connectivity index (χ0n) is 18.9. The molecule has 1 saturated heterocycles. The number of Topliss-reactive ketones (excluding diaryl/α,β-unsaturated/α-hetero) is 1. The fourth-order valence-electron chi connectivity index (χ4n) is 4.49. The zero-order valence-corrected chi connectivity index (χ0v) is 19.7. The van der Waals surface area contributed by atoms with Crippen LogP contribution in [0.4, 0.5) is 0 Å². The van der Waals surface area contributed by atoms with Crippen molar-refractivity contribution in [3.8, 4) is 5.75 Å². The monoisotopic (exact) mass is 456 g/mol. The average Bonchev–Trinajstić information content (AvgIpc) is 3.26. The van der Waals surface area contributed by atoms with Gasteiger partial charge in [0, 0.05) is 25.7 Å². The largest absolute Gasteiger partial charge is 0.490 e. The predicted molar refractivity (Wildman–Crippen MR) is 124 cm³/mol. The molecule has 2 aromatic rings. The van der Waals surface area contributed by atoms with Crippen molar-refractivity contribution >= 4 is 15.8 Å². The summed E-state index contributed by atoms with van der Waals surface area (Å²) in [4.78, 5) is 14.1. The van der Waals surface area contributed by atoms with Gasteiger partial charge in [0.25, 0.3) is 0 Å². The maximum atomic E-state index is 12.8. The second kappa shape index (κ2) is 9.73. The summed E-state index contributed by atoms with van der Waals surface area (Å²) < 4.78 is 33.1. The standard InChI is InChI=1S/C25H32N2O4S/c1-19(28)22-7-11-25(12-8-22)32(29,30)26(2)17-21-15-24(16-21)31-23-9-5-20(6-10-23)18-27-13-3-4-14-27/h5-12,21,24H,3-4,13-18H2,1-2H3. The van der Waals surface area contributed by atoms with Gasteiger partial charge in [0.1, 0.15) is 5.75 Å². The molecule has 32 heavy (non-hydrogen) atoms. The lowest BCUT2D eigenvalue weighted by Crippen LogP contribution is -2.41. The Morgan fingerprint density at radius 2 is 1.66 bits per heavy atom. The molecule has 0 N–H and O–H groups in total. The lowest BCUT2D eigenvalue weighted by Gasteiger charge is -2.37. The SMILES string of the molecule is CC(=O)c1ccc(S(=O)(=O)N(C)CC2CC(Oc3ccc(CN4CCCC4)cc3)C2)cc1. The van der Waals surface area contributed by atoms with E-state index in [1.807, 2.05) is 12.1 Å². The van der Waals surface area contributed by atoms with Gasteiger partial charge in [-0.25, -0.2) is 12.7 Å². The molecule has 0 aromatic heterocycles. The summed E-state index contributed by atoms with van der Waals surface area (Å²) in [6.45, 7) is 5.31. The quantitative estimate of drug-likeness (QED) is 0.534. The van der Waals surface area contributed by atoms with Gasteiger partial charge < -0.3 is 4.74 Å². The highest BCUT2D eigenvalue weighted by molar-refractivity contribution is 7.89. The van der Waals surface area contributed by atoms with Crippen molar-refractivity contribution in [2.45, 2.75) is 50.2 Å². The molecule has 2 fully saturated rings. The molecule has 4 rings (SSSR count). The van der Waals surface area contributed by atoms with Gasteiger partial charge in [0.2, 0.25) is 10.0 Å². The van der Waals surface area contributed by atoms with Crippen LogP contribution in [0, 0.1) is 5.92 Å². The molecule has 7 heteroatoms. The van der Waals surface area contributed by atoms with Crippen molar-refractivity contribution in [1.29, 1.82) is 0 Å². The molecule has 0 atom stereocenters. The summed E-state index contributed by atoms with van der Waals surface area (Å²) in [6, 6.07) is 14.5. The minimum Gasteiger partial charge on any atom is -0.490 e. The van der Waals surface area contributed by atoms with Crippen LogP contribution in [0.15, 0.2) is 53.4 Å². The molecule has 0 bridgehead atoms. The third kappa shape index (κ3) is 5.39. The highest BCUT2D eigenvalue weighted by Gasteiger charge is 2.34. The highest BCUT2D eigenvalue weighted by Crippen LogP contribution is 2.33. The van der Waals surface area contributed by atoms with E-state index in [1.54, 1.807) is 19.2 Å². The van der Waals surface area contributed by atoms with Gasteiger partial charge in [-0.3, -0.25) is 9.69 Å². The maximum Gasteiger partial charge on any atom is 0.242 e. The Bertz CT molecular complexity index is 1020. The molecule has 2 aromatic carbocycles. The normalized spacial score (nSPS) is 21.5. The van der Waals surface area contributed by atoms with Crippen LogP contribution in [0.5, 0.6) is 5.75 Å². The van der Waals surface area contributed by atoms with E-state index in [0.717, 1.165) is 25.1 Å². The predicted octanol–water partition coefficient (Wildman–Crippen LogP) is 3.96. The Hall–Kier alpha value is -2.22. The Balaban J connectivity index is 1.24. The minimum atomic E-state index is -3.57. The zero-order chi connectivity index (χ0) is 22.7. The fraction of sp³-hybridized carbons (Fsp3) is 0.480. The van der Waals surface area contributed by atoms with Crippen molar-refractivity contribution in [2.24, 2.45) is 5.92 Å². The fourth-order valence-corrected chi connectivity index (χ4v) is 5.73. The van der Waals surface area contributed by atoms with Gasteiger partial charge in [0.15, 0.2) is 5.78 Å². The van der Waals surface area contributed by atoms with E-state index in [2.05, 4.69) is 17.0 Å². The number of ketones is 1. The van der Waals surface area contributed by atoms with Crippen LogP contribution in [0.25, 0.3) is 0 Å². The van der Waals surface area contributed by atoms with Gasteiger partial charge in [-0.2, -0.15) is 0 Å². The van der Waals surface area contributed by atoms with E-state index in [1.165, 1.54) is 54.9 Å². The van der Waals surface area contributed by atoms with Gasteiger partial charge in [0.05, 0.1) is 11.0 Å². The number of nitrogens with zero attached hydrogens (tertiary/aromatic N) is 2. The Morgan fingerprint density at radius 3 is 2.25 bits per heavy atom. The second-order valence-electron chi connectivity index (χ2n) is 9.07. The lowest BCUT2D eigenvalue weighted by molar-refractivity contribution is 0.0575. The first-order valence-electron chi connectivity index (χ1n) is 11.4. The molecular formula is C25H32N2O4S. The van der Waals surface area contributed by atoms with Gasteiger partial charge >= 0.3 is 0 Å². The Morgan fingerprint density at radius 1 is 1.03 bits per heavy atom. The number of sulfonamides is 1. The number of hydrogen-bond acceptors (Lipinski definition) is 5. The second-order valence-corrected chi connectivity index (χ2v) is 11.1. The molecule has 0 radical (unpaired) electrons. The number of carbonyl (C=O) groups is 1. The van der Waals surface area contributed by atoms with Crippen LogP contribution in [0.2, 0.25) is 0 Å².